The monoisotopic (exact) mass is 200 g/mol. The Morgan fingerprint density at radius 2 is 2.29 bits per heavy atom. The molecule has 0 aromatic rings. The summed E-state index contributed by atoms with van der Waals surface area (Å²) in [6, 6.07) is 0. The van der Waals surface area contributed by atoms with Gasteiger partial charge in [-0.3, -0.25) is 0 Å². The highest BCUT2D eigenvalue weighted by molar-refractivity contribution is 4.84. The molecule has 2 atom stereocenters. The summed E-state index contributed by atoms with van der Waals surface area (Å²) in [5.41, 5.74) is 0. The van der Waals surface area contributed by atoms with Crippen LogP contribution in [0.4, 0.5) is 0 Å². The molecular formula is C11H20O3. The van der Waals surface area contributed by atoms with E-state index < -0.39 is 0 Å². The number of rotatable bonds is 5. The van der Waals surface area contributed by atoms with E-state index in [1.54, 1.807) is 0 Å². The van der Waals surface area contributed by atoms with E-state index >= 15 is 0 Å². The van der Waals surface area contributed by atoms with Crippen LogP contribution in [0, 0.1) is 5.92 Å². The fourth-order valence-corrected chi connectivity index (χ4v) is 1.25. The fourth-order valence-electron chi connectivity index (χ4n) is 1.25. The predicted octanol–water partition coefficient (Wildman–Crippen LogP) is 1.98. The van der Waals surface area contributed by atoms with Crippen LogP contribution in [0.3, 0.4) is 0 Å². The Kier molecular flexibility index (Phi) is 5.15. The minimum atomic E-state index is -0.173. The van der Waals surface area contributed by atoms with E-state index in [-0.39, 0.29) is 12.4 Å². The molecule has 0 saturated carbocycles. The summed E-state index contributed by atoms with van der Waals surface area (Å²) in [7, 11) is 0. The van der Waals surface area contributed by atoms with Crippen LogP contribution in [0.15, 0.2) is 12.2 Å². The molecule has 0 spiro atoms. The van der Waals surface area contributed by atoms with Gasteiger partial charge in [-0.15, -0.1) is 0 Å². The van der Waals surface area contributed by atoms with Gasteiger partial charge in [0.1, 0.15) is 6.10 Å². The van der Waals surface area contributed by atoms with Crippen molar-refractivity contribution in [1.29, 1.82) is 0 Å². The highest BCUT2D eigenvalue weighted by atomic mass is 16.7. The van der Waals surface area contributed by atoms with Gasteiger partial charge in [-0.25, -0.2) is 0 Å². The highest BCUT2D eigenvalue weighted by Crippen LogP contribution is 2.13. The second kappa shape index (κ2) is 6.17. The maximum Gasteiger partial charge on any atom is 0.177 e. The van der Waals surface area contributed by atoms with Crippen molar-refractivity contribution < 1.29 is 14.2 Å². The number of allylic oxidation sites excluding steroid dienone is 1. The van der Waals surface area contributed by atoms with Crippen molar-refractivity contribution in [3.63, 3.8) is 0 Å². The zero-order valence-corrected chi connectivity index (χ0v) is 9.23. The molecule has 0 aromatic heterocycles. The minimum Gasteiger partial charge on any atom is -0.378 e. The van der Waals surface area contributed by atoms with Crippen LogP contribution < -0.4 is 0 Å². The third-order valence-corrected chi connectivity index (χ3v) is 1.88. The van der Waals surface area contributed by atoms with Gasteiger partial charge in [0.25, 0.3) is 0 Å². The molecule has 0 bridgehead atoms. The van der Waals surface area contributed by atoms with Gasteiger partial charge in [-0.05, 0) is 18.9 Å². The van der Waals surface area contributed by atoms with Crippen LogP contribution in [-0.2, 0) is 14.2 Å². The Morgan fingerprint density at radius 1 is 1.50 bits per heavy atom. The SMILES string of the molecule is C/C=C/C1OCC(COCC(C)C)O1. The van der Waals surface area contributed by atoms with Crippen molar-refractivity contribution in [2.75, 3.05) is 19.8 Å². The Labute approximate surface area is 86.0 Å². The second-order valence-corrected chi connectivity index (χ2v) is 3.92. The van der Waals surface area contributed by atoms with Crippen LogP contribution in [0.25, 0.3) is 0 Å². The van der Waals surface area contributed by atoms with Gasteiger partial charge in [0.15, 0.2) is 6.29 Å². The molecule has 1 aliphatic heterocycles. The van der Waals surface area contributed by atoms with Gasteiger partial charge in [0, 0.05) is 6.61 Å². The lowest BCUT2D eigenvalue weighted by molar-refractivity contribution is -0.0423. The summed E-state index contributed by atoms with van der Waals surface area (Å²) in [5, 5.41) is 0. The molecule has 0 radical (unpaired) electrons. The smallest absolute Gasteiger partial charge is 0.177 e. The number of hydrogen-bond acceptors (Lipinski definition) is 3. The topological polar surface area (TPSA) is 27.7 Å². The lowest BCUT2D eigenvalue weighted by Crippen LogP contribution is -2.20. The van der Waals surface area contributed by atoms with Gasteiger partial charge in [-0.2, -0.15) is 0 Å². The quantitative estimate of drug-likeness (QED) is 0.635. The van der Waals surface area contributed by atoms with Crippen LogP contribution in [-0.4, -0.2) is 32.2 Å². The van der Waals surface area contributed by atoms with E-state index in [1.165, 1.54) is 0 Å². The first-order valence-electron chi connectivity index (χ1n) is 5.20. The molecule has 3 nitrogen and oxygen atoms in total. The Balaban J connectivity index is 2.10. The molecule has 82 valence electrons. The van der Waals surface area contributed by atoms with Crippen LogP contribution in [0.1, 0.15) is 20.8 Å². The fraction of sp³-hybridized carbons (Fsp3) is 0.818. The van der Waals surface area contributed by atoms with Crippen LogP contribution in [0.5, 0.6) is 0 Å². The van der Waals surface area contributed by atoms with E-state index in [9.17, 15) is 0 Å². The van der Waals surface area contributed by atoms with Gasteiger partial charge in [-0.1, -0.05) is 19.9 Å². The molecule has 14 heavy (non-hydrogen) atoms. The van der Waals surface area contributed by atoms with Crippen molar-refractivity contribution in [3.8, 4) is 0 Å². The van der Waals surface area contributed by atoms with E-state index in [1.807, 2.05) is 19.1 Å². The molecule has 0 amide bonds. The first kappa shape index (κ1) is 11.7. The summed E-state index contributed by atoms with van der Waals surface area (Å²) in [5.74, 6) is 0.573. The first-order chi connectivity index (χ1) is 6.72. The minimum absolute atomic E-state index is 0.0925. The lowest BCUT2D eigenvalue weighted by Gasteiger charge is -2.11. The number of ether oxygens (including phenoxy) is 3. The Bertz CT molecular complexity index is 177. The molecule has 1 fully saturated rings. The van der Waals surface area contributed by atoms with Crippen molar-refractivity contribution in [2.45, 2.75) is 33.2 Å². The third kappa shape index (κ3) is 4.22. The van der Waals surface area contributed by atoms with Crippen molar-refractivity contribution in [2.24, 2.45) is 5.92 Å². The van der Waals surface area contributed by atoms with E-state index in [0.29, 0.717) is 19.1 Å². The molecule has 1 aliphatic rings. The molecule has 3 heteroatoms. The average molecular weight is 200 g/mol. The molecule has 1 saturated heterocycles. The van der Waals surface area contributed by atoms with Gasteiger partial charge >= 0.3 is 0 Å². The normalized spacial score (nSPS) is 28.0. The first-order valence-corrected chi connectivity index (χ1v) is 5.20. The Hall–Kier alpha value is -0.380. The molecule has 1 rings (SSSR count). The number of hydrogen-bond donors (Lipinski definition) is 0. The summed E-state index contributed by atoms with van der Waals surface area (Å²) >= 11 is 0. The van der Waals surface area contributed by atoms with Gasteiger partial charge < -0.3 is 14.2 Å². The van der Waals surface area contributed by atoms with E-state index in [2.05, 4.69) is 13.8 Å². The Morgan fingerprint density at radius 3 is 2.93 bits per heavy atom. The zero-order valence-electron chi connectivity index (χ0n) is 9.23. The predicted molar refractivity (Wildman–Crippen MR) is 55.1 cm³/mol. The van der Waals surface area contributed by atoms with Crippen molar-refractivity contribution in [1.82, 2.24) is 0 Å². The van der Waals surface area contributed by atoms with E-state index in [0.717, 1.165) is 6.61 Å². The molecule has 0 N–H and O–H groups in total. The average Bonchev–Trinajstić information content (AvgIpc) is 2.53. The van der Waals surface area contributed by atoms with Gasteiger partial charge in [0.05, 0.1) is 13.2 Å². The maximum absolute atomic E-state index is 5.55. The molecular weight excluding hydrogens is 180 g/mol. The molecule has 2 unspecified atom stereocenters. The van der Waals surface area contributed by atoms with Gasteiger partial charge in [0.2, 0.25) is 0 Å². The summed E-state index contributed by atoms with van der Waals surface area (Å²) < 4.78 is 16.4. The summed E-state index contributed by atoms with van der Waals surface area (Å²) in [4.78, 5) is 0. The largest absolute Gasteiger partial charge is 0.378 e. The molecule has 0 aromatic carbocycles. The van der Waals surface area contributed by atoms with Crippen LogP contribution >= 0.6 is 0 Å². The lowest BCUT2D eigenvalue weighted by atomic mass is 10.2. The highest BCUT2D eigenvalue weighted by Gasteiger charge is 2.23. The van der Waals surface area contributed by atoms with Crippen molar-refractivity contribution in [3.05, 3.63) is 12.2 Å². The third-order valence-electron chi connectivity index (χ3n) is 1.88. The molecule has 1 heterocycles. The van der Waals surface area contributed by atoms with Crippen molar-refractivity contribution >= 4 is 0 Å². The molecule has 0 aliphatic carbocycles. The van der Waals surface area contributed by atoms with E-state index in [4.69, 9.17) is 14.2 Å². The zero-order chi connectivity index (χ0) is 10.4. The standard InChI is InChI=1S/C11H20O3/c1-4-5-11-13-8-10(14-11)7-12-6-9(2)3/h4-5,9-11H,6-8H2,1-3H3/b5-4+. The summed E-state index contributed by atoms with van der Waals surface area (Å²) in [6.45, 7) is 8.27. The summed E-state index contributed by atoms with van der Waals surface area (Å²) in [6.07, 6.45) is 3.76. The second-order valence-electron chi connectivity index (χ2n) is 3.92. The maximum atomic E-state index is 5.55. The van der Waals surface area contributed by atoms with Crippen LogP contribution in [0.2, 0.25) is 0 Å².